The maximum Gasteiger partial charge on any atom is 0.378 e. The first-order chi connectivity index (χ1) is 4.52. The first-order valence-corrected chi connectivity index (χ1v) is 2.60. The second-order valence-electron chi connectivity index (χ2n) is 0.800. The van der Waals surface area contributed by atoms with Crippen LogP contribution in [0.4, 0.5) is 0 Å². The average molecular weight is 172 g/mol. The molecule has 0 saturated heterocycles. The van der Waals surface area contributed by atoms with Crippen molar-refractivity contribution in [2.75, 3.05) is 0 Å². The molecule has 0 aliphatic rings. The van der Waals surface area contributed by atoms with Gasteiger partial charge in [-0.2, -0.15) is 8.57 Å². The fraction of sp³-hybridized carbons (Fsp3) is 0. The SMILES string of the molecule is O=[N+]([O-])OS(=O)O[N+](=O)[O-]. The Balaban J connectivity index is 3.65. The predicted octanol–water partition coefficient (Wildman–Crippen LogP) is -1.02. The summed E-state index contributed by atoms with van der Waals surface area (Å²) < 4.78 is 16.0. The summed E-state index contributed by atoms with van der Waals surface area (Å²) in [6, 6.07) is 0. The smallest absolute Gasteiger partial charge is 0.201 e. The molecule has 0 unspecified atom stereocenters. The molecule has 9 nitrogen and oxygen atoms in total. The van der Waals surface area contributed by atoms with Gasteiger partial charge in [-0.1, -0.05) is 0 Å². The first kappa shape index (κ1) is 8.55. The molecule has 0 heterocycles. The van der Waals surface area contributed by atoms with Crippen LogP contribution in [0.3, 0.4) is 0 Å². The molecule has 0 atom stereocenters. The normalized spacial score (nSPS) is 8.90. The van der Waals surface area contributed by atoms with Gasteiger partial charge < -0.3 is 0 Å². The molecular formula is N2O7S. The molecule has 0 fully saturated rings. The van der Waals surface area contributed by atoms with Gasteiger partial charge in [0.05, 0.1) is 0 Å². The predicted molar refractivity (Wildman–Crippen MR) is 24.3 cm³/mol. The van der Waals surface area contributed by atoms with Gasteiger partial charge in [-0.05, 0) is 0 Å². The number of nitrogens with zero attached hydrogens (tertiary/aromatic N) is 2. The largest absolute Gasteiger partial charge is 0.378 e. The van der Waals surface area contributed by atoms with Crippen LogP contribution in [0.25, 0.3) is 0 Å². The molecule has 0 aliphatic heterocycles. The van der Waals surface area contributed by atoms with Crippen LogP contribution in [-0.4, -0.2) is 14.4 Å². The molecule has 0 aliphatic carbocycles. The van der Waals surface area contributed by atoms with E-state index >= 15 is 0 Å². The molecule has 0 radical (unpaired) electrons. The van der Waals surface area contributed by atoms with Crippen molar-refractivity contribution in [3.05, 3.63) is 20.2 Å². The number of rotatable bonds is 4. The van der Waals surface area contributed by atoms with Crippen molar-refractivity contribution in [2.24, 2.45) is 0 Å². The summed E-state index contributed by atoms with van der Waals surface area (Å²) in [5.41, 5.74) is 0. The second kappa shape index (κ2) is 3.55. The van der Waals surface area contributed by atoms with Crippen LogP contribution in [0.1, 0.15) is 0 Å². The zero-order valence-electron chi connectivity index (χ0n) is 4.16. The molecule has 0 spiro atoms. The lowest BCUT2D eigenvalue weighted by Crippen LogP contribution is -2.10. The van der Waals surface area contributed by atoms with Crippen molar-refractivity contribution in [1.82, 2.24) is 0 Å². The quantitative estimate of drug-likeness (QED) is 0.392. The summed E-state index contributed by atoms with van der Waals surface area (Å²) in [7, 11) is 0. The van der Waals surface area contributed by atoms with Crippen LogP contribution in [0.2, 0.25) is 0 Å². The molecule has 0 N–H and O–H groups in total. The van der Waals surface area contributed by atoms with E-state index in [9.17, 15) is 24.4 Å². The third-order valence-corrected chi connectivity index (χ3v) is 0.730. The number of hydrogen-bond donors (Lipinski definition) is 0. The third kappa shape index (κ3) is 4.70. The summed E-state index contributed by atoms with van der Waals surface area (Å²) in [6.07, 6.45) is 0. The Hall–Kier alpha value is -1.45. The molecular weight excluding hydrogens is 172 g/mol. The van der Waals surface area contributed by atoms with Gasteiger partial charge in [-0.25, -0.2) is 4.21 Å². The van der Waals surface area contributed by atoms with Crippen molar-refractivity contribution in [3.63, 3.8) is 0 Å². The van der Waals surface area contributed by atoms with Crippen LogP contribution in [-0.2, 0) is 19.9 Å². The molecule has 58 valence electrons. The summed E-state index contributed by atoms with van der Waals surface area (Å²) in [6.45, 7) is 0. The molecule has 0 aromatic carbocycles. The van der Waals surface area contributed by atoms with Gasteiger partial charge in [0.2, 0.25) is 0 Å². The highest BCUT2D eigenvalue weighted by Gasteiger charge is 2.09. The number of hydrogen-bond acceptors (Lipinski definition) is 7. The summed E-state index contributed by atoms with van der Waals surface area (Å²) in [4.78, 5) is 18.6. The lowest BCUT2D eigenvalue weighted by atomic mass is 13.1. The zero-order valence-corrected chi connectivity index (χ0v) is 4.98. The Morgan fingerprint density at radius 1 is 1.10 bits per heavy atom. The molecule has 0 rings (SSSR count). The lowest BCUT2D eigenvalue weighted by molar-refractivity contribution is -0.741. The molecule has 10 heteroatoms. The van der Waals surface area contributed by atoms with E-state index in [0.717, 1.165) is 0 Å². The Morgan fingerprint density at radius 3 is 1.60 bits per heavy atom. The summed E-state index contributed by atoms with van der Waals surface area (Å²) in [5, 5.41) is 15.6. The van der Waals surface area contributed by atoms with Crippen LogP contribution in [0.5, 0.6) is 0 Å². The minimum absolute atomic E-state index is 1.47. The Morgan fingerprint density at radius 2 is 1.40 bits per heavy atom. The third-order valence-electron chi connectivity index (χ3n) is 0.243. The van der Waals surface area contributed by atoms with E-state index in [1.165, 1.54) is 0 Å². The van der Waals surface area contributed by atoms with E-state index < -0.39 is 21.5 Å². The molecule has 0 aromatic rings. The Kier molecular flexibility index (Phi) is 3.04. The zero-order chi connectivity index (χ0) is 8.15. The molecule has 0 aromatic heterocycles. The fourth-order valence-corrected chi connectivity index (χ4v) is 0.339. The topological polar surface area (TPSA) is 122 Å². The lowest BCUT2D eigenvalue weighted by Gasteiger charge is -1.91. The van der Waals surface area contributed by atoms with E-state index in [-0.39, 0.29) is 0 Å². The van der Waals surface area contributed by atoms with Crippen molar-refractivity contribution in [3.8, 4) is 0 Å². The maximum atomic E-state index is 9.85. The van der Waals surface area contributed by atoms with E-state index in [4.69, 9.17) is 0 Å². The summed E-state index contributed by atoms with van der Waals surface area (Å²) in [5.74, 6) is 0. The highest BCUT2D eigenvalue weighted by molar-refractivity contribution is 7.74. The highest BCUT2D eigenvalue weighted by atomic mass is 32.2. The van der Waals surface area contributed by atoms with Crippen molar-refractivity contribution in [2.45, 2.75) is 0 Å². The van der Waals surface area contributed by atoms with Crippen molar-refractivity contribution in [1.29, 1.82) is 0 Å². The van der Waals surface area contributed by atoms with Crippen molar-refractivity contribution >= 4 is 11.4 Å². The van der Waals surface area contributed by atoms with Crippen LogP contribution in [0, 0.1) is 20.2 Å². The van der Waals surface area contributed by atoms with Gasteiger partial charge in [0, 0.05) is 0 Å². The Bertz CT molecular complexity index is 154. The van der Waals surface area contributed by atoms with Gasteiger partial charge in [0.15, 0.2) is 0 Å². The fourth-order valence-electron chi connectivity index (χ4n) is 0.113. The average Bonchev–Trinajstić information content (AvgIpc) is 1.58. The van der Waals surface area contributed by atoms with Crippen LogP contribution < -0.4 is 0 Å². The first-order valence-electron chi connectivity index (χ1n) is 1.60. The van der Waals surface area contributed by atoms with Gasteiger partial charge in [-0.3, -0.25) is 0 Å². The van der Waals surface area contributed by atoms with E-state index in [0.29, 0.717) is 0 Å². The van der Waals surface area contributed by atoms with Crippen LogP contribution in [0.15, 0.2) is 0 Å². The molecule has 10 heavy (non-hydrogen) atoms. The van der Waals surface area contributed by atoms with E-state index in [1.54, 1.807) is 0 Å². The highest BCUT2D eigenvalue weighted by Crippen LogP contribution is 1.87. The summed E-state index contributed by atoms with van der Waals surface area (Å²) >= 11 is -2.98. The van der Waals surface area contributed by atoms with E-state index in [1.807, 2.05) is 0 Å². The standard InChI is InChI=1S/N2O7S/c3-1(4)8-10(7)9-2(5)6. The maximum absolute atomic E-state index is 9.85. The van der Waals surface area contributed by atoms with Gasteiger partial charge in [-0.15, -0.1) is 20.2 Å². The second-order valence-corrected chi connectivity index (χ2v) is 1.51. The van der Waals surface area contributed by atoms with E-state index in [2.05, 4.69) is 8.57 Å². The van der Waals surface area contributed by atoms with Crippen molar-refractivity contribution < 1.29 is 22.9 Å². The van der Waals surface area contributed by atoms with Gasteiger partial charge >= 0.3 is 21.5 Å². The van der Waals surface area contributed by atoms with Gasteiger partial charge in [0.1, 0.15) is 0 Å². The van der Waals surface area contributed by atoms with Crippen LogP contribution >= 0.6 is 0 Å². The molecule has 0 saturated carbocycles. The Labute approximate surface area is 55.6 Å². The molecule has 0 bridgehead atoms. The monoisotopic (exact) mass is 172 g/mol. The minimum Gasteiger partial charge on any atom is -0.201 e. The van der Waals surface area contributed by atoms with Gasteiger partial charge in [0.25, 0.3) is 0 Å². The minimum atomic E-state index is -2.98. The molecule has 0 amide bonds.